The van der Waals surface area contributed by atoms with Gasteiger partial charge in [-0.1, -0.05) is 34.6 Å². The Morgan fingerprint density at radius 2 is 1.48 bits per heavy atom. The van der Waals surface area contributed by atoms with Crippen molar-refractivity contribution >= 4 is 0 Å². The summed E-state index contributed by atoms with van der Waals surface area (Å²) in [6, 6.07) is 0. The smallest absolute Gasteiger partial charge is 0.187 e. The van der Waals surface area contributed by atoms with Gasteiger partial charge in [0.15, 0.2) is 12.6 Å². The number of rotatable bonds is 11. The second-order valence-corrected chi connectivity index (χ2v) is 18.1. The first-order valence-corrected chi connectivity index (χ1v) is 19.6. The van der Waals surface area contributed by atoms with Gasteiger partial charge in [-0.25, -0.2) is 0 Å². The lowest BCUT2D eigenvalue weighted by Crippen LogP contribution is -2.70. The zero-order valence-electron chi connectivity index (χ0n) is 31.6. The molecule has 2 heterocycles. The van der Waals surface area contributed by atoms with Crippen molar-refractivity contribution in [2.75, 3.05) is 20.3 Å². The molecule has 9 N–H and O–H groups in total. The fourth-order valence-electron chi connectivity index (χ4n) is 12.3. The van der Waals surface area contributed by atoms with E-state index in [0.29, 0.717) is 32.1 Å². The molecule has 14 nitrogen and oxygen atoms in total. The highest BCUT2D eigenvalue weighted by Crippen LogP contribution is 2.70. The summed E-state index contributed by atoms with van der Waals surface area (Å²) in [4.78, 5) is 0. The van der Waals surface area contributed by atoms with Crippen molar-refractivity contribution in [1.82, 2.24) is 0 Å². The van der Waals surface area contributed by atoms with Crippen LogP contribution in [0.1, 0.15) is 86.0 Å². The number of hydrogen-bond donors (Lipinski definition) is 9. The number of hydrogen-bond acceptors (Lipinski definition) is 14. The van der Waals surface area contributed by atoms with E-state index in [9.17, 15) is 46.0 Å². The lowest BCUT2D eigenvalue weighted by atomic mass is 9.41. The third-order valence-electron chi connectivity index (χ3n) is 14.9. The van der Waals surface area contributed by atoms with Gasteiger partial charge in [-0.15, -0.1) is 0 Å². The topological polar surface area (TPSA) is 228 Å². The van der Waals surface area contributed by atoms with Crippen LogP contribution in [0, 0.1) is 46.3 Å². The maximum Gasteiger partial charge on any atom is 0.187 e. The molecule has 0 amide bonds. The van der Waals surface area contributed by atoms with E-state index in [2.05, 4.69) is 13.8 Å². The summed E-state index contributed by atoms with van der Waals surface area (Å²) in [6.45, 7) is 9.89. The highest BCUT2D eigenvalue weighted by atomic mass is 16.8. The molecule has 0 aromatic rings. The number of methoxy groups -OCH3 is 1. The van der Waals surface area contributed by atoms with Gasteiger partial charge >= 0.3 is 0 Å². The summed E-state index contributed by atoms with van der Waals surface area (Å²) in [5.41, 5.74) is -2.27. The number of aliphatic hydroxyl groups excluding tert-OH is 8. The Morgan fingerprint density at radius 1 is 0.788 bits per heavy atom. The minimum absolute atomic E-state index is 0.0505. The van der Waals surface area contributed by atoms with Gasteiger partial charge in [0.25, 0.3) is 0 Å². The molecule has 6 rings (SSSR count). The van der Waals surface area contributed by atoms with Crippen molar-refractivity contribution < 1.29 is 69.6 Å². The number of aliphatic hydroxyl groups is 9. The van der Waals surface area contributed by atoms with Crippen LogP contribution < -0.4 is 0 Å². The molecule has 0 aromatic heterocycles. The summed E-state index contributed by atoms with van der Waals surface area (Å²) in [5.74, 6) is -0.908. The summed E-state index contributed by atoms with van der Waals surface area (Å²) >= 11 is 0. The van der Waals surface area contributed by atoms with Crippen LogP contribution in [0.15, 0.2) is 0 Å². The van der Waals surface area contributed by atoms with Crippen molar-refractivity contribution in [2.45, 2.75) is 171 Å². The molecule has 0 radical (unpaired) electrons. The largest absolute Gasteiger partial charge is 0.394 e. The standard InChI is InChI=1S/C38H66O14/c1-17(2)24(50-35-32(31(48-6)25(15-39)51-35)52-34-30(46)29(45)23(43)16-49-34)8-7-18(3)19-13-21(41)33-36(19,4)12-10-26-37(5)11-9-20(40)28(44)27(37)22(42)14-38(26,33)47/h17-35,39-47H,7-16H2,1-6H3/t18-,19-,20+,21-,22+,23-,24?,25+,26?,27?,28+,29+,30-,31-,32-,33?,34+,35?,36-,37-,38+/m1/s1. The second-order valence-electron chi connectivity index (χ2n) is 18.1. The molecule has 4 saturated carbocycles. The summed E-state index contributed by atoms with van der Waals surface area (Å²) in [5, 5.41) is 98.1. The zero-order chi connectivity index (χ0) is 38.1. The molecule has 0 bridgehead atoms. The second kappa shape index (κ2) is 15.4. The minimum atomic E-state index is -1.53. The molecular weight excluding hydrogens is 680 g/mol. The zero-order valence-corrected chi connectivity index (χ0v) is 31.6. The fraction of sp³-hybridized carbons (Fsp3) is 1.00. The maximum atomic E-state index is 12.7. The van der Waals surface area contributed by atoms with Gasteiger partial charge in [0.2, 0.25) is 0 Å². The van der Waals surface area contributed by atoms with Gasteiger partial charge in [0.05, 0.1) is 49.3 Å². The Labute approximate surface area is 307 Å². The minimum Gasteiger partial charge on any atom is -0.394 e. The van der Waals surface area contributed by atoms with Gasteiger partial charge in [-0.05, 0) is 79.4 Å². The number of ether oxygens (including phenoxy) is 5. The first-order valence-electron chi connectivity index (χ1n) is 19.6. The van der Waals surface area contributed by atoms with E-state index in [-0.39, 0.29) is 54.8 Å². The highest BCUT2D eigenvalue weighted by Gasteiger charge is 2.71. The van der Waals surface area contributed by atoms with E-state index in [1.54, 1.807) is 0 Å². The first kappa shape index (κ1) is 41.1. The fourth-order valence-corrected chi connectivity index (χ4v) is 12.3. The molecular formula is C38H66O14. The van der Waals surface area contributed by atoms with Crippen LogP contribution >= 0.6 is 0 Å². The molecule has 5 unspecified atom stereocenters. The van der Waals surface area contributed by atoms with Gasteiger partial charge < -0.3 is 69.6 Å². The van der Waals surface area contributed by atoms with Gasteiger partial charge in [-0.3, -0.25) is 0 Å². The van der Waals surface area contributed by atoms with Crippen molar-refractivity contribution in [2.24, 2.45) is 46.3 Å². The van der Waals surface area contributed by atoms with E-state index >= 15 is 0 Å². The van der Waals surface area contributed by atoms with Crippen LogP contribution in [0.5, 0.6) is 0 Å². The van der Waals surface area contributed by atoms with Crippen molar-refractivity contribution in [1.29, 1.82) is 0 Å². The molecule has 6 aliphatic rings. The molecule has 21 atom stereocenters. The number of fused-ring (bicyclic) bond motifs is 5. The van der Waals surface area contributed by atoms with Crippen LogP contribution in [0.3, 0.4) is 0 Å². The van der Waals surface area contributed by atoms with Crippen LogP contribution in [-0.4, -0.2) is 152 Å². The molecule has 6 fully saturated rings. The summed E-state index contributed by atoms with van der Waals surface area (Å²) in [7, 11) is 1.46. The molecule has 0 spiro atoms. The molecule has 2 saturated heterocycles. The lowest BCUT2D eigenvalue weighted by Gasteiger charge is -2.66. The van der Waals surface area contributed by atoms with Crippen molar-refractivity contribution in [3.63, 3.8) is 0 Å². The third-order valence-corrected chi connectivity index (χ3v) is 14.9. The average Bonchev–Trinajstić information content (AvgIpc) is 3.57. The van der Waals surface area contributed by atoms with E-state index in [4.69, 9.17) is 23.7 Å². The average molecular weight is 747 g/mol. The normalized spacial score (nSPS) is 53.3. The summed E-state index contributed by atoms with van der Waals surface area (Å²) in [6.07, 6.45) is -8.53. The van der Waals surface area contributed by atoms with E-state index < -0.39 is 96.5 Å². The molecule has 2 aliphatic heterocycles. The Morgan fingerprint density at radius 3 is 2.13 bits per heavy atom. The molecule has 14 heteroatoms. The van der Waals surface area contributed by atoms with Crippen LogP contribution in [0.4, 0.5) is 0 Å². The maximum absolute atomic E-state index is 12.7. The quantitative estimate of drug-likeness (QED) is 0.136. The predicted octanol–water partition coefficient (Wildman–Crippen LogP) is 0.0474. The Hall–Kier alpha value is -0.560. The van der Waals surface area contributed by atoms with E-state index in [1.165, 1.54) is 7.11 Å². The van der Waals surface area contributed by atoms with E-state index in [1.807, 2.05) is 20.8 Å². The first-order chi connectivity index (χ1) is 24.4. The summed E-state index contributed by atoms with van der Waals surface area (Å²) < 4.78 is 29.9. The molecule has 302 valence electrons. The van der Waals surface area contributed by atoms with Gasteiger partial charge in [0.1, 0.15) is 36.6 Å². The highest BCUT2D eigenvalue weighted by molar-refractivity contribution is 5.21. The SMILES string of the molecule is CO[C@@H]1[C@H](CO)OC(OC(CC[C@@H](C)[C@H]2C[C@@H](O)C3[C@]4(O)C[C@H](O)C5[C@@H](O)[C@@H](O)CC[C@]5(C)C4CC[C@@]32C)C(C)C)[C@@H]1O[C@@H]1OC[C@@H](O)[C@H](O)[C@H]1O. The molecule has 0 aromatic carbocycles. The van der Waals surface area contributed by atoms with Crippen LogP contribution in [0.25, 0.3) is 0 Å². The van der Waals surface area contributed by atoms with Crippen LogP contribution in [0.2, 0.25) is 0 Å². The Kier molecular flexibility index (Phi) is 12.2. The lowest BCUT2D eigenvalue weighted by molar-refractivity contribution is -0.308. The molecule has 4 aliphatic carbocycles. The van der Waals surface area contributed by atoms with Gasteiger partial charge in [-0.2, -0.15) is 0 Å². The van der Waals surface area contributed by atoms with Crippen LogP contribution in [-0.2, 0) is 23.7 Å². The van der Waals surface area contributed by atoms with Crippen molar-refractivity contribution in [3.05, 3.63) is 0 Å². The van der Waals surface area contributed by atoms with Crippen molar-refractivity contribution in [3.8, 4) is 0 Å². The van der Waals surface area contributed by atoms with Gasteiger partial charge in [0, 0.05) is 25.4 Å². The Bertz CT molecular complexity index is 1210. The Balaban J connectivity index is 1.15. The van der Waals surface area contributed by atoms with E-state index in [0.717, 1.165) is 12.8 Å². The molecule has 52 heavy (non-hydrogen) atoms. The third kappa shape index (κ3) is 6.82. The monoisotopic (exact) mass is 746 g/mol. The predicted molar refractivity (Wildman–Crippen MR) is 184 cm³/mol.